The summed E-state index contributed by atoms with van der Waals surface area (Å²) in [5.41, 5.74) is 1.31. The molecule has 0 saturated carbocycles. The molecule has 1 unspecified atom stereocenters. The lowest BCUT2D eigenvalue weighted by atomic mass is 10.0. The molecule has 2 nitrogen and oxygen atoms in total. The maximum atomic E-state index is 5.58. The van der Waals surface area contributed by atoms with Gasteiger partial charge in [-0.05, 0) is 51.3 Å². The highest BCUT2D eigenvalue weighted by atomic mass is 79.9. The molecule has 0 fully saturated rings. The normalized spacial score (nSPS) is 12.7. The lowest BCUT2D eigenvalue weighted by Crippen LogP contribution is -2.17. The molecule has 1 aromatic heterocycles. The molecule has 0 aliphatic heterocycles. The Morgan fingerprint density at radius 3 is 2.65 bits per heavy atom. The second kappa shape index (κ2) is 5.81. The zero-order valence-corrected chi connectivity index (χ0v) is 12.9. The Hall–Kier alpha value is -1.58. The quantitative estimate of drug-likeness (QED) is 0.724. The minimum Gasteiger partial charge on any atom is -0.453 e. The monoisotopic (exact) mass is 329 g/mol. The Balaban J connectivity index is 1.77. The van der Waals surface area contributed by atoms with Crippen molar-refractivity contribution < 1.29 is 4.42 Å². The molecule has 0 aliphatic carbocycles. The fraction of sp³-hybridized carbons (Fsp3) is 0.176. The summed E-state index contributed by atoms with van der Waals surface area (Å²) in [7, 11) is 0. The maximum Gasteiger partial charge on any atom is 0.169 e. The topological polar surface area (TPSA) is 25.2 Å². The van der Waals surface area contributed by atoms with Gasteiger partial charge in [-0.1, -0.05) is 42.5 Å². The SMILES string of the molecule is CC(NCc1cccc2ccccc12)c1ccc(Br)o1. The third-order valence-electron chi connectivity index (χ3n) is 3.50. The van der Waals surface area contributed by atoms with Crippen LogP contribution in [0.25, 0.3) is 10.8 Å². The molecule has 1 N–H and O–H groups in total. The van der Waals surface area contributed by atoms with Gasteiger partial charge in [0.05, 0.1) is 6.04 Å². The van der Waals surface area contributed by atoms with E-state index in [2.05, 4.69) is 70.6 Å². The summed E-state index contributed by atoms with van der Waals surface area (Å²) in [6, 6.07) is 19.0. The Morgan fingerprint density at radius 2 is 1.85 bits per heavy atom. The van der Waals surface area contributed by atoms with Crippen LogP contribution in [0.3, 0.4) is 0 Å². The molecule has 0 saturated heterocycles. The number of furan rings is 1. The summed E-state index contributed by atoms with van der Waals surface area (Å²) in [5.74, 6) is 0.942. The summed E-state index contributed by atoms with van der Waals surface area (Å²) >= 11 is 3.33. The lowest BCUT2D eigenvalue weighted by Gasteiger charge is -2.13. The number of halogens is 1. The number of nitrogens with one attached hydrogen (secondary N) is 1. The van der Waals surface area contributed by atoms with Crippen molar-refractivity contribution >= 4 is 26.7 Å². The van der Waals surface area contributed by atoms with Crippen molar-refractivity contribution in [3.63, 3.8) is 0 Å². The van der Waals surface area contributed by atoms with E-state index in [0.717, 1.165) is 17.0 Å². The van der Waals surface area contributed by atoms with Crippen molar-refractivity contribution in [1.82, 2.24) is 5.32 Å². The van der Waals surface area contributed by atoms with Crippen LogP contribution in [-0.2, 0) is 6.54 Å². The standard InChI is InChI=1S/C17H16BrNO/c1-12(16-9-10-17(18)20-16)19-11-14-7-4-6-13-5-2-3-8-15(13)14/h2-10,12,19H,11H2,1H3. The third-order valence-corrected chi connectivity index (χ3v) is 3.93. The first kappa shape index (κ1) is 13.4. The molecular formula is C17H16BrNO. The van der Waals surface area contributed by atoms with E-state index in [1.165, 1.54) is 16.3 Å². The van der Waals surface area contributed by atoms with Gasteiger partial charge in [0.15, 0.2) is 4.67 Å². The zero-order valence-electron chi connectivity index (χ0n) is 11.3. The van der Waals surface area contributed by atoms with Gasteiger partial charge in [-0.2, -0.15) is 0 Å². The van der Waals surface area contributed by atoms with Gasteiger partial charge in [0, 0.05) is 6.54 Å². The summed E-state index contributed by atoms with van der Waals surface area (Å²) < 4.78 is 6.35. The predicted octanol–water partition coefficient (Wildman–Crippen LogP) is 5.05. The van der Waals surface area contributed by atoms with Crippen LogP contribution in [0.15, 0.2) is 63.7 Å². The second-order valence-electron chi connectivity index (χ2n) is 4.88. The highest BCUT2D eigenvalue weighted by Crippen LogP contribution is 2.22. The Bertz CT molecular complexity index is 714. The van der Waals surface area contributed by atoms with Crippen molar-refractivity contribution in [2.75, 3.05) is 0 Å². The van der Waals surface area contributed by atoms with Gasteiger partial charge in [-0.25, -0.2) is 0 Å². The first-order valence-corrected chi connectivity index (χ1v) is 7.48. The number of benzene rings is 2. The smallest absolute Gasteiger partial charge is 0.169 e. The molecule has 1 heterocycles. The van der Waals surface area contributed by atoms with Crippen LogP contribution in [0.2, 0.25) is 0 Å². The minimum atomic E-state index is 0.181. The highest BCUT2D eigenvalue weighted by Gasteiger charge is 2.09. The third kappa shape index (κ3) is 2.79. The van der Waals surface area contributed by atoms with E-state index in [0.29, 0.717) is 0 Å². The molecule has 0 radical (unpaired) electrons. The summed E-state index contributed by atoms with van der Waals surface area (Å²) in [6.07, 6.45) is 0. The van der Waals surface area contributed by atoms with Crippen molar-refractivity contribution in [1.29, 1.82) is 0 Å². The van der Waals surface area contributed by atoms with Crippen LogP contribution in [0.1, 0.15) is 24.3 Å². The zero-order chi connectivity index (χ0) is 13.9. The number of fused-ring (bicyclic) bond motifs is 1. The molecule has 0 aliphatic rings. The van der Waals surface area contributed by atoms with Gasteiger partial charge in [0.25, 0.3) is 0 Å². The summed E-state index contributed by atoms with van der Waals surface area (Å²) in [4.78, 5) is 0. The van der Waals surface area contributed by atoms with Crippen LogP contribution >= 0.6 is 15.9 Å². The van der Waals surface area contributed by atoms with Crippen LogP contribution in [0.4, 0.5) is 0 Å². The molecule has 3 heteroatoms. The molecule has 102 valence electrons. The summed E-state index contributed by atoms with van der Waals surface area (Å²) in [5, 5.41) is 6.09. The van der Waals surface area contributed by atoms with Crippen LogP contribution in [0, 0.1) is 0 Å². The first-order valence-electron chi connectivity index (χ1n) is 6.69. The average molecular weight is 330 g/mol. The van der Waals surface area contributed by atoms with Gasteiger partial charge in [-0.3, -0.25) is 0 Å². The van der Waals surface area contributed by atoms with E-state index in [1.807, 2.05) is 12.1 Å². The van der Waals surface area contributed by atoms with E-state index in [-0.39, 0.29) is 6.04 Å². The maximum absolute atomic E-state index is 5.58. The molecule has 1 atom stereocenters. The number of rotatable bonds is 4. The van der Waals surface area contributed by atoms with E-state index < -0.39 is 0 Å². The fourth-order valence-corrected chi connectivity index (χ4v) is 2.69. The van der Waals surface area contributed by atoms with Crippen LogP contribution in [-0.4, -0.2) is 0 Å². The number of hydrogen-bond acceptors (Lipinski definition) is 2. The van der Waals surface area contributed by atoms with Crippen molar-refractivity contribution in [2.45, 2.75) is 19.5 Å². The van der Waals surface area contributed by atoms with Crippen LogP contribution < -0.4 is 5.32 Å². The van der Waals surface area contributed by atoms with E-state index in [4.69, 9.17) is 4.42 Å². The van der Waals surface area contributed by atoms with Gasteiger partial charge < -0.3 is 9.73 Å². The van der Waals surface area contributed by atoms with Crippen molar-refractivity contribution in [3.05, 3.63) is 70.6 Å². The average Bonchev–Trinajstić information content (AvgIpc) is 2.91. The van der Waals surface area contributed by atoms with Crippen molar-refractivity contribution in [2.24, 2.45) is 0 Å². The second-order valence-corrected chi connectivity index (χ2v) is 5.66. The van der Waals surface area contributed by atoms with Crippen molar-refractivity contribution in [3.8, 4) is 0 Å². The molecule has 3 aromatic rings. The van der Waals surface area contributed by atoms with Gasteiger partial charge in [0.2, 0.25) is 0 Å². The Labute approximate surface area is 126 Å². The molecule has 3 rings (SSSR count). The van der Waals surface area contributed by atoms with Gasteiger partial charge in [-0.15, -0.1) is 0 Å². The van der Waals surface area contributed by atoms with E-state index in [9.17, 15) is 0 Å². The molecular weight excluding hydrogens is 314 g/mol. The molecule has 0 spiro atoms. The molecule has 2 aromatic carbocycles. The lowest BCUT2D eigenvalue weighted by molar-refractivity contribution is 0.418. The van der Waals surface area contributed by atoms with E-state index in [1.54, 1.807) is 0 Å². The van der Waals surface area contributed by atoms with Gasteiger partial charge >= 0.3 is 0 Å². The van der Waals surface area contributed by atoms with Gasteiger partial charge in [0.1, 0.15) is 5.76 Å². The Kier molecular flexibility index (Phi) is 3.90. The highest BCUT2D eigenvalue weighted by molar-refractivity contribution is 9.10. The van der Waals surface area contributed by atoms with Crippen LogP contribution in [0.5, 0.6) is 0 Å². The molecule has 0 bridgehead atoms. The minimum absolute atomic E-state index is 0.181. The summed E-state index contributed by atoms with van der Waals surface area (Å²) in [6.45, 7) is 2.93. The fourth-order valence-electron chi connectivity index (χ4n) is 2.37. The molecule has 0 amide bonds. The molecule has 20 heavy (non-hydrogen) atoms. The largest absolute Gasteiger partial charge is 0.453 e. The number of hydrogen-bond donors (Lipinski definition) is 1. The predicted molar refractivity (Wildman–Crippen MR) is 85.6 cm³/mol. The van der Waals surface area contributed by atoms with E-state index >= 15 is 0 Å². The Morgan fingerprint density at radius 1 is 1.05 bits per heavy atom. The first-order chi connectivity index (χ1) is 9.74.